The lowest BCUT2D eigenvalue weighted by Gasteiger charge is -2.35. The summed E-state index contributed by atoms with van der Waals surface area (Å²) in [6.07, 6.45) is 3.95. The number of carbonyl (C=O) groups is 3. The van der Waals surface area contributed by atoms with E-state index in [4.69, 9.17) is 35.0 Å². The Morgan fingerprint density at radius 2 is 1.69 bits per heavy atom. The topological polar surface area (TPSA) is 151 Å². The van der Waals surface area contributed by atoms with Gasteiger partial charge < -0.3 is 30.7 Å². The zero-order chi connectivity index (χ0) is 27.1. The van der Waals surface area contributed by atoms with Crippen LogP contribution in [0.1, 0.15) is 58.9 Å². The van der Waals surface area contributed by atoms with E-state index < -0.39 is 11.9 Å². The van der Waals surface area contributed by atoms with Crippen LogP contribution in [0.4, 0.5) is 0 Å². The molecule has 2 saturated heterocycles. The number of amides is 1. The number of carboxylic acid groups (broad SMARTS) is 2. The number of carbonyl (C=O) groups excluding carboxylic acids is 1. The van der Waals surface area contributed by atoms with Crippen LogP contribution < -0.4 is 15.8 Å². The molecule has 36 heavy (non-hydrogen) atoms. The van der Waals surface area contributed by atoms with Gasteiger partial charge in [0.1, 0.15) is 5.75 Å². The minimum absolute atomic E-state index is 0.00788. The summed E-state index contributed by atoms with van der Waals surface area (Å²) in [7, 11) is 0. The Labute approximate surface area is 214 Å². The van der Waals surface area contributed by atoms with Crippen molar-refractivity contribution in [3.63, 3.8) is 0 Å². The Morgan fingerprint density at radius 3 is 2.28 bits per heavy atom. The van der Waals surface area contributed by atoms with E-state index in [0.29, 0.717) is 12.6 Å². The Hall–Kier alpha value is -2.69. The molecule has 3 rings (SSSR count). The number of nitrogens with one attached hydrogen (secondary N) is 1. The Morgan fingerprint density at radius 1 is 1.08 bits per heavy atom. The second kappa shape index (κ2) is 16.9. The number of nitrogens with two attached hydrogens (primary N) is 1. The van der Waals surface area contributed by atoms with Crippen LogP contribution >= 0.6 is 0 Å². The number of carboxylic acids is 2. The van der Waals surface area contributed by atoms with Crippen molar-refractivity contribution >= 4 is 17.8 Å². The van der Waals surface area contributed by atoms with Gasteiger partial charge in [-0.3, -0.25) is 19.3 Å². The van der Waals surface area contributed by atoms with Crippen LogP contribution in [0.2, 0.25) is 0 Å². The van der Waals surface area contributed by atoms with Crippen molar-refractivity contribution in [2.45, 2.75) is 78.1 Å². The molecule has 0 aliphatic carbocycles. The van der Waals surface area contributed by atoms with Gasteiger partial charge in [-0.1, -0.05) is 12.1 Å². The summed E-state index contributed by atoms with van der Waals surface area (Å²) in [6.45, 7) is 9.99. The molecular weight excluding hydrogens is 466 g/mol. The Bertz CT molecular complexity index is 792. The van der Waals surface area contributed by atoms with Crippen molar-refractivity contribution in [3.05, 3.63) is 29.8 Å². The maximum Gasteiger partial charge on any atom is 0.300 e. The fraction of sp³-hybridized carbons (Fsp3) is 0.654. The Kier molecular flexibility index (Phi) is 14.7. The first kappa shape index (κ1) is 31.3. The van der Waals surface area contributed by atoms with Crippen LogP contribution in [0.25, 0.3) is 0 Å². The van der Waals surface area contributed by atoms with Gasteiger partial charge in [-0.15, -0.1) is 0 Å². The minimum atomic E-state index is -0.833. The molecule has 2 heterocycles. The van der Waals surface area contributed by atoms with Gasteiger partial charge in [0.15, 0.2) is 0 Å². The third kappa shape index (κ3) is 14.0. The van der Waals surface area contributed by atoms with Crippen molar-refractivity contribution < 1.29 is 34.1 Å². The molecule has 0 spiro atoms. The summed E-state index contributed by atoms with van der Waals surface area (Å²) < 4.78 is 11.2. The van der Waals surface area contributed by atoms with E-state index in [1.807, 2.05) is 38.1 Å². The molecule has 0 radical (unpaired) electrons. The summed E-state index contributed by atoms with van der Waals surface area (Å²) in [5.74, 6) is -0.708. The average molecular weight is 510 g/mol. The fourth-order valence-corrected chi connectivity index (χ4v) is 4.15. The van der Waals surface area contributed by atoms with Gasteiger partial charge in [-0.25, -0.2) is 0 Å². The van der Waals surface area contributed by atoms with Gasteiger partial charge in [0, 0.05) is 58.8 Å². The molecule has 0 aromatic heterocycles. The van der Waals surface area contributed by atoms with E-state index in [9.17, 15) is 4.79 Å². The highest BCUT2D eigenvalue weighted by Crippen LogP contribution is 2.23. The van der Waals surface area contributed by atoms with Crippen LogP contribution in [0.5, 0.6) is 5.75 Å². The standard InChI is InChI=1S/C22H35N3O3.2C2H4O2/c1-16(2)28-21-5-3-4-17(12-21)13-24-22(26)18-6-7-19(23)15-25(14-18)20-8-10-27-11-9-20;2*1-2(3)4/h3-5,12,16,18-20H,6-11,13-15,23H2,1-2H3,(H,24,26);2*1H3,(H,3,4)/t18-,19+;;/m1../s1. The molecule has 1 amide bonds. The summed E-state index contributed by atoms with van der Waals surface area (Å²) in [4.78, 5) is 33.3. The number of aliphatic carboxylic acids is 2. The zero-order valence-electron chi connectivity index (χ0n) is 21.9. The van der Waals surface area contributed by atoms with Crippen molar-refractivity contribution in [2.75, 3.05) is 26.3 Å². The van der Waals surface area contributed by atoms with Gasteiger partial charge >= 0.3 is 0 Å². The van der Waals surface area contributed by atoms with Gasteiger partial charge in [0.2, 0.25) is 5.91 Å². The highest BCUT2D eigenvalue weighted by molar-refractivity contribution is 5.78. The van der Waals surface area contributed by atoms with Crippen molar-refractivity contribution in [2.24, 2.45) is 11.7 Å². The number of hydrogen-bond donors (Lipinski definition) is 4. The van der Waals surface area contributed by atoms with Crippen LogP contribution in [-0.4, -0.2) is 77.4 Å². The number of benzene rings is 1. The molecular formula is C26H43N3O7. The molecule has 5 N–H and O–H groups in total. The molecule has 204 valence electrons. The summed E-state index contributed by atoms with van der Waals surface area (Å²) in [5.41, 5.74) is 7.35. The number of rotatable bonds is 6. The first-order valence-electron chi connectivity index (χ1n) is 12.5. The highest BCUT2D eigenvalue weighted by atomic mass is 16.5. The smallest absolute Gasteiger partial charge is 0.300 e. The lowest BCUT2D eigenvalue weighted by atomic mass is 10.0. The van der Waals surface area contributed by atoms with Crippen molar-refractivity contribution in [1.82, 2.24) is 10.2 Å². The fourth-order valence-electron chi connectivity index (χ4n) is 4.15. The second-order valence-corrected chi connectivity index (χ2v) is 9.40. The van der Waals surface area contributed by atoms with E-state index in [2.05, 4.69) is 10.2 Å². The highest BCUT2D eigenvalue weighted by Gasteiger charge is 2.31. The van der Waals surface area contributed by atoms with Crippen LogP contribution in [0, 0.1) is 5.92 Å². The molecule has 0 bridgehead atoms. The third-order valence-electron chi connectivity index (χ3n) is 5.62. The van der Waals surface area contributed by atoms with E-state index in [1.54, 1.807) is 0 Å². The summed E-state index contributed by atoms with van der Waals surface area (Å²) in [5, 5.41) is 18.0. The molecule has 10 nitrogen and oxygen atoms in total. The van der Waals surface area contributed by atoms with E-state index in [-0.39, 0.29) is 24.0 Å². The molecule has 2 aliphatic rings. The average Bonchev–Trinajstić information content (AvgIpc) is 2.99. The predicted molar refractivity (Wildman–Crippen MR) is 137 cm³/mol. The lowest BCUT2D eigenvalue weighted by Crippen LogP contribution is -2.47. The molecule has 2 fully saturated rings. The van der Waals surface area contributed by atoms with E-state index >= 15 is 0 Å². The Balaban J connectivity index is 0.000000709. The number of ether oxygens (including phenoxy) is 2. The van der Waals surface area contributed by atoms with Crippen molar-refractivity contribution in [3.8, 4) is 5.75 Å². The molecule has 0 unspecified atom stereocenters. The lowest BCUT2D eigenvalue weighted by molar-refractivity contribution is -0.135. The zero-order valence-corrected chi connectivity index (χ0v) is 21.9. The molecule has 2 aliphatic heterocycles. The SMILES string of the molecule is CC(=O)O.CC(=O)O.CC(C)Oc1cccc(CNC(=O)[C@@H]2CC[C@H](N)CN(C3CCOCC3)C2)c1. The summed E-state index contributed by atoms with van der Waals surface area (Å²) >= 11 is 0. The molecule has 2 atom stereocenters. The van der Waals surface area contributed by atoms with Crippen LogP contribution in [0.15, 0.2) is 24.3 Å². The number of likely N-dealkylation sites (tertiary alicyclic amines) is 1. The van der Waals surface area contributed by atoms with E-state index in [1.165, 1.54) is 0 Å². The number of nitrogens with zero attached hydrogens (tertiary/aromatic N) is 1. The monoisotopic (exact) mass is 509 g/mol. The quantitative estimate of drug-likeness (QED) is 0.453. The molecule has 0 saturated carbocycles. The first-order valence-corrected chi connectivity index (χ1v) is 12.5. The normalized spacial score (nSPS) is 20.6. The molecule has 1 aromatic rings. The van der Waals surface area contributed by atoms with Gasteiger partial charge in [0.05, 0.1) is 12.0 Å². The summed E-state index contributed by atoms with van der Waals surface area (Å²) in [6, 6.07) is 8.56. The van der Waals surface area contributed by atoms with Gasteiger partial charge in [-0.05, 0) is 57.2 Å². The predicted octanol–water partition coefficient (Wildman–Crippen LogP) is 2.49. The minimum Gasteiger partial charge on any atom is -0.491 e. The largest absolute Gasteiger partial charge is 0.491 e. The van der Waals surface area contributed by atoms with Crippen LogP contribution in [-0.2, 0) is 25.7 Å². The van der Waals surface area contributed by atoms with Gasteiger partial charge in [0.25, 0.3) is 11.9 Å². The maximum atomic E-state index is 12.9. The third-order valence-corrected chi connectivity index (χ3v) is 5.62. The van der Waals surface area contributed by atoms with E-state index in [0.717, 1.165) is 77.1 Å². The first-order chi connectivity index (χ1) is 17.0. The van der Waals surface area contributed by atoms with Crippen LogP contribution in [0.3, 0.4) is 0 Å². The van der Waals surface area contributed by atoms with Crippen molar-refractivity contribution in [1.29, 1.82) is 0 Å². The number of hydrogen-bond acceptors (Lipinski definition) is 7. The second-order valence-electron chi connectivity index (χ2n) is 9.40. The molecule has 10 heteroatoms. The van der Waals surface area contributed by atoms with Gasteiger partial charge in [-0.2, -0.15) is 0 Å². The molecule has 1 aromatic carbocycles. The maximum absolute atomic E-state index is 12.9.